The van der Waals surface area contributed by atoms with E-state index in [1.165, 1.54) is 11.3 Å². The summed E-state index contributed by atoms with van der Waals surface area (Å²) in [6, 6.07) is -0.230. The van der Waals surface area contributed by atoms with Crippen LogP contribution in [-0.4, -0.2) is 40.1 Å². The maximum atomic E-state index is 12.4. The molecule has 6 nitrogen and oxygen atoms in total. The number of rotatable bonds is 3. The number of likely N-dealkylation sites (tertiary alicyclic amines) is 1. The molecule has 0 unspecified atom stereocenters. The van der Waals surface area contributed by atoms with Gasteiger partial charge in [-0.2, -0.15) is 0 Å². The van der Waals surface area contributed by atoms with Crippen LogP contribution >= 0.6 is 11.3 Å². The summed E-state index contributed by atoms with van der Waals surface area (Å²) in [6.45, 7) is 4.87. The summed E-state index contributed by atoms with van der Waals surface area (Å²) in [6.07, 6.45) is 3.35. The van der Waals surface area contributed by atoms with Crippen LogP contribution in [0.15, 0.2) is 0 Å². The summed E-state index contributed by atoms with van der Waals surface area (Å²) in [5.74, 6) is -0.677. The Bertz CT molecular complexity index is 615. The summed E-state index contributed by atoms with van der Waals surface area (Å²) >= 11 is 1.47. The van der Waals surface area contributed by atoms with Crippen LogP contribution in [0.1, 0.15) is 36.8 Å². The number of carboxylic acid groups (broad SMARTS) is 1. The molecule has 0 radical (unpaired) electrons. The molecule has 120 valence electrons. The van der Waals surface area contributed by atoms with E-state index in [0.29, 0.717) is 24.6 Å². The quantitative estimate of drug-likeness (QED) is 0.896. The largest absolute Gasteiger partial charge is 0.481 e. The summed E-state index contributed by atoms with van der Waals surface area (Å²) in [7, 11) is 0. The molecule has 22 heavy (non-hydrogen) atoms. The maximum absolute atomic E-state index is 12.4. The van der Waals surface area contributed by atoms with E-state index < -0.39 is 11.4 Å². The predicted octanol–water partition coefficient (Wildman–Crippen LogP) is 2.73. The van der Waals surface area contributed by atoms with Crippen molar-refractivity contribution in [3.63, 3.8) is 0 Å². The van der Waals surface area contributed by atoms with Crippen LogP contribution in [0.3, 0.4) is 0 Å². The second-order valence-electron chi connectivity index (χ2n) is 6.24. The highest BCUT2D eigenvalue weighted by Gasteiger charge is 2.55. The first-order chi connectivity index (χ1) is 10.5. The lowest BCUT2D eigenvalue weighted by Gasteiger charge is -2.23. The van der Waals surface area contributed by atoms with Gasteiger partial charge in [0.2, 0.25) is 0 Å². The van der Waals surface area contributed by atoms with Crippen molar-refractivity contribution >= 4 is 28.5 Å². The summed E-state index contributed by atoms with van der Waals surface area (Å²) in [5, 5.41) is 13.0. The number of hydrogen-bond donors (Lipinski definition) is 2. The molecule has 2 fully saturated rings. The number of aromatic nitrogens is 1. The Morgan fingerprint density at radius 2 is 2.32 bits per heavy atom. The van der Waals surface area contributed by atoms with Crippen molar-refractivity contribution in [2.75, 3.05) is 18.4 Å². The first-order valence-electron chi connectivity index (χ1n) is 7.72. The number of anilines is 1. The standard InChI is InChI=1S/C15H21N3O3S/c1-3-11-9(2)22-13(16-11)17-14(21)18-7-10-5-4-6-15(10,8-18)12(19)20/h10H,3-8H2,1-2H3,(H,19,20)(H,16,17,21)/t10-,15+/m0/s1. The van der Waals surface area contributed by atoms with Crippen LogP contribution in [0.25, 0.3) is 0 Å². The number of aliphatic carboxylic acids is 1. The third-order valence-corrected chi connectivity index (χ3v) is 5.95. The van der Waals surface area contributed by atoms with Crippen molar-refractivity contribution in [2.24, 2.45) is 11.3 Å². The Morgan fingerprint density at radius 3 is 2.91 bits per heavy atom. The predicted molar refractivity (Wildman–Crippen MR) is 84.2 cm³/mol. The summed E-state index contributed by atoms with van der Waals surface area (Å²) < 4.78 is 0. The Morgan fingerprint density at radius 1 is 1.55 bits per heavy atom. The zero-order valence-corrected chi connectivity index (χ0v) is 13.7. The molecule has 2 amide bonds. The number of hydrogen-bond acceptors (Lipinski definition) is 4. The van der Waals surface area contributed by atoms with Gasteiger partial charge in [-0.25, -0.2) is 9.78 Å². The van der Waals surface area contributed by atoms with Gasteiger partial charge in [0, 0.05) is 18.0 Å². The average Bonchev–Trinajstić information content (AvgIpc) is 3.10. The third-order valence-electron chi connectivity index (χ3n) is 5.03. The van der Waals surface area contributed by atoms with E-state index in [0.717, 1.165) is 29.8 Å². The molecule has 2 N–H and O–H groups in total. The van der Waals surface area contributed by atoms with Gasteiger partial charge in [0.05, 0.1) is 11.1 Å². The molecule has 0 aromatic carbocycles. The lowest BCUT2D eigenvalue weighted by Crippen LogP contribution is -2.38. The molecule has 1 aromatic heterocycles. The van der Waals surface area contributed by atoms with Crippen LogP contribution in [0.4, 0.5) is 9.93 Å². The van der Waals surface area contributed by atoms with E-state index in [1.807, 2.05) is 13.8 Å². The Balaban J connectivity index is 1.70. The number of amides is 2. The number of urea groups is 1. The SMILES string of the molecule is CCc1nc(NC(=O)N2C[C@@H]3CCC[C@@]3(C(=O)O)C2)sc1C. The molecule has 3 rings (SSSR count). The fourth-order valence-corrected chi connectivity index (χ4v) is 4.67. The fraction of sp³-hybridized carbons (Fsp3) is 0.667. The third kappa shape index (κ3) is 2.37. The molecule has 7 heteroatoms. The smallest absolute Gasteiger partial charge is 0.323 e. The molecule has 2 heterocycles. The zero-order chi connectivity index (χ0) is 15.9. The number of carbonyl (C=O) groups is 2. The van der Waals surface area contributed by atoms with Gasteiger partial charge in [-0.15, -0.1) is 11.3 Å². The van der Waals surface area contributed by atoms with E-state index in [1.54, 1.807) is 4.90 Å². The van der Waals surface area contributed by atoms with E-state index in [-0.39, 0.29) is 11.9 Å². The van der Waals surface area contributed by atoms with Crippen molar-refractivity contribution in [1.29, 1.82) is 0 Å². The molecule has 0 spiro atoms. The maximum Gasteiger partial charge on any atom is 0.323 e. The number of fused-ring (bicyclic) bond motifs is 1. The normalized spacial score (nSPS) is 27.0. The summed E-state index contributed by atoms with van der Waals surface area (Å²) in [4.78, 5) is 31.2. The molecule has 1 aromatic rings. The summed E-state index contributed by atoms with van der Waals surface area (Å²) in [5.41, 5.74) is 0.269. The van der Waals surface area contributed by atoms with Crippen molar-refractivity contribution in [2.45, 2.75) is 39.5 Å². The monoisotopic (exact) mass is 323 g/mol. The van der Waals surface area contributed by atoms with Gasteiger partial charge in [0.15, 0.2) is 5.13 Å². The molecule has 0 bridgehead atoms. The fourth-order valence-electron chi connectivity index (χ4n) is 3.77. The van der Waals surface area contributed by atoms with Crippen LogP contribution in [0, 0.1) is 18.3 Å². The van der Waals surface area contributed by atoms with Crippen LogP contribution in [0.5, 0.6) is 0 Å². The van der Waals surface area contributed by atoms with Gasteiger partial charge in [-0.05, 0) is 32.1 Å². The van der Waals surface area contributed by atoms with Gasteiger partial charge in [-0.3, -0.25) is 10.1 Å². The first-order valence-corrected chi connectivity index (χ1v) is 8.53. The lowest BCUT2D eigenvalue weighted by atomic mass is 9.81. The van der Waals surface area contributed by atoms with Gasteiger partial charge < -0.3 is 10.0 Å². The second-order valence-corrected chi connectivity index (χ2v) is 7.44. The molecule has 1 aliphatic heterocycles. The Labute approximate surface area is 133 Å². The number of thiazole rings is 1. The number of nitrogens with zero attached hydrogens (tertiary/aromatic N) is 2. The van der Waals surface area contributed by atoms with Gasteiger partial charge in [-0.1, -0.05) is 13.3 Å². The molecular formula is C15H21N3O3S. The van der Waals surface area contributed by atoms with E-state index >= 15 is 0 Å². The molecule has 2 atom stereocenters. The second kappa shape index (κ2) is 5.53. The number of nitrogens with one attached hydrogen (secondary N) is 1. The van der Waals surface area contributed by atoms with Crippen LogP contribution in [-0.2, 0) is 11.2 Å². The van der Waals surface area contributed by atoms with Crippen LogP contribution < -0.4 is 5.32 Å². The first kappa shape index (κ1) is 15.3. The highest BCUT2D eigenvalue weighted by Crippen LogP contribution is 2.48. The minimum Gasteiger partial charge on any atom is -0.481 e. The number of carboxylic acids is 1. The zero-order valence-electron chi connectivity index (χ0n) is 12.9. The van der Waals surface area contributed by atoms with Crippen LogP contribution in [0.2, 0.25) is 0 Å². The lowest BCUT2D eigenvalue weighted by molar-refractivity contribution is -0.149. The minimum atomic E-state index is -0.760. The van der Waals surface area contributed by atoms with Gasteiger partial charge >= 0.3 is 12.0 Å². The van der Waals surface area contributed by atoms with Gasteiger partial charge in [0.25, 0.3) is 0 Å². The molecule has 1 saturated carbocycles. The van der Waals surface area contributed by atoms with Crippen molar-refractivity contribution in [1.82, 2.24) is 9.88 Å². The van der Waals surface area contributed by atoms with E-state index in [2.05, 4.69) is 10.3 Å². The van der Waals surface area contributed by atoms with Crippen molar-refractivity contribution in [3.8, 4) is 0 Å². The van der Waals surface area contributed by atoms with E-state index in [4.69, 9.17) is 0 Å². The minimum absolute atomic E-state index is 0.0833. The highest BCUT2D eigenvalue weighted by atomic mass is 32.1. The number of carbonyl (C=O) groups excluding carboxylic acids is 1. The molecule has 2 aliphatic rings. The number of aryl methyl sites for hydroxylation is 2. The topological polar surface area (TPSA) is 82.5 Å². The van der Waals surface area contributed by atoms with Crippen molar-refractivity contribution in [3.05, 3.63) is 10.6 Å². The Hall–Kier alpha value is -1.63. The molecule has 1 saturated heterocycles. The Kier molecular flexibility index (Phi) is 3.84. The molecular weight excluding hydrogens is 302 g/mol. The highest BCUT2D eigenvalue weighted by molar-refractivity contribution is 7.15. The average molecular weight is 323 g/mol. The van der Waals surface area contributed by atoms with E-state index in [9.17, 15) is 14.7 Å². The van der Waals surface area contributed by atoms with Crippen molar-refractivity contribution < 1.29 is 14.7 Å². The molecule has 1 aliphatic carbocycles. The van der Waals surface area contributed by atoms with Gasteiger partial charge in [0.1, 0.15) is 0 Å².